The van der Waals surface area contributed by atoms with Gasteiger partial charge in [-0.2, -0.15) is 4.31 Å². The van der Waals surface area contributed by atoms with Crippen LogP contribution in [0.25, 0.3) is 0 Å². The van der Waals surface area contributed by atoms with Gasteiger partial charge in [0.2, 0.25) is 15.9 Å². The fraction of sp³-hybridized carbons (Fsp3) is 0.667. The van der Waals surface area contributed by atoms with Crippen molar-refractivity contribution in [1.82, 2.24) is 14.1 Å². The lowest BCUT2D eigenvalue weighted by Gasteiger charge is -2.55. The molecule has 0 saturated carbocycles. The average Bonchev–Trinajstić information content (AvgIpc) is 2.68. The van der Waals surface area contributed by atoms with Gasteiger partial charge in [-0.05, 0) is 38.8 Å². The third-order valence-corrected chi connectivity index (χ3v) is 8.09. The molecule has 0 aromatic heterocycles. The molecule has 2 aliphatic heterocycles. The second-order valence-corrected chi connectivity index (χ2v) is 10.5. The Labute approximate surface area is 169 Å². The number of carbonyl (C=O) groups excluding carboxylic acids is 1. The highest BCUT2D eigenvalue weighted by molar-refractivity contribution is 7.89. The average molecular weight is 408 g/mol. The van der Waals surface area contributed by atoms with Gasteiger partial charge in [-0.1, -0.05) is 32.0 Å². The lowest BCUT2D eigenvalue weighted by molar-refractivity contribution is -0.142. The summed E-state index contributed by atoms with van der Waals surface area (Å²) >= 11 is 0. The van der Waals surface area contributed by atoms with E-state index in [4.69, 9.17) is 0 Å². The van der Waals surface area contributed by atoms with Crippen molar-refractivity contribution in [3.05, 3.63) is 30.3 Å². The van der Waals surface area contributed by atoms with Crippen LogP contribution in [0.5, 0.6) is 0 Å². The first-order valence-electron chi connectivity index (χ1n) is 10.3. The molecule has 1 atom stereocenters. The Kier molecular flexibility index (Phi) is 6.17. The number of amides is 1. The Morgan fingerprint density at radius 3 is 2.36 bits per heavy atom. The van der Waals surface area contributed by atoms with Gasteiger partial charge in [-0.15, -0.1) is 0 Å². The molecule has 1 aromatic carbocycles. The number of nitrogens with zero attached hydrogens (tertiary/aromatic N) is 3. The Balaban J connectivity index is 1.82. The van der Waals surface area contributed by atoms with Crippen molar-refractivity contribution in [1.29, 1.82) is 0 Å². The molecule has 1 aromatic rings. The van der Waals surface area contributed by atoms with E-state index in [-0.39, 0.29) is 23.4 Å². The molecule has 6 nitrogen and oxygen atoms in total. The van der Waals surface area contributed by atoms with Crippen molar-refractivity contribution in [2.75, 3.05) is 32.7 Å². The minimum absolute atomic E-state index is 0.0225. The molecule has 7 heteroatoms. The number of benzene rings is 1. The van der Waals surface area contributed by atoms with Crippen LogP contribution in [0.15, 0.2) is 35.2 Å². The van der Waals surface area contributed by atoms with Crippen molar-refractivity contribution in [2.24, 2.45) is 5.92 Å². The lowest BCUT2D eigenvalue weighted by Crippen LogP contribution is -2.70. The maximum absolute atomic E-state index is 13.2. The standard InChI is InChI=1S/C21H33N3O3S/c1-5-17(6-2)20(25)22-12-13-24-18(14-22)15-23(16-21(24,3)4)28(26,27)19-10-8-7-9-11-19/h7-11,17-18H,5-6,12-16H2,1-4H3. The van der Waals surface area contributed by atoms with Gasteiger partial charge < -0.3 is 4.90 Å². The molecule has 0 aliphatic carbocycles. The van der Waals surface area contributed by atoms with Crippen LogP contribution >= 0.6 is 0 Å². The van der Waals surface area contributed by atoms with Crippen LogP contribution in [-0.4, -0.2) is 72.7 Å². The SMILES string of the molecule is CCC(CC)C(=O)N1CCN2C(C1)CN(S(=O)(=O)c1ccccc1)CC2(C)C. The number of sulfonamides is 1. The predicted molar refractivity (Wildman–Crippen MR) is 110 cm³/mol. The van der Waals surface area contributed by atoms with E-state index in [1.165, 1.54) is 0 Å². The summed E-state index contributed by atoms with van der Waals surface area (Å²) in [5, 5.41) is 0. The summed E-state index contributed by atoms with van der Waals surface area (Å²) in [5.74, 6) is 0.276. The molecular weight excluding hydrogens is 374 g/mol. The normalized spacial score (nSPS) is 23.6. The summed E-state index contributed by atoms with van der Waals surface area (Å²) in [6.45, 7) is 11.3. The van der Waals surface area contributed by atoms with Crippen LogP contribution in [0.2, 0.25) is 0 Å². The fourth-order valence-corrected chi connectivity index (χ4v) is 6.30. The smallest absolute Gasteiger partial charge is 0.243 e. The van der Waals surface area contributed by atoms with Crippen LogP contribution in [-0.2, 0) is 14.8 Å². The molecule has 1 amide bonds. The van der Waals surface area contributed by atoms with Crippen molar-refractivity contribution >= 4 is 15.9 Å². The van der Waals surface area contributed by atoms with E-state index in [9.17, 15) is 13.2 Å². The molecule has 28 heavy (non-hydrogen) atoms. The van der Waals surface area contributed by atoms with Gasteiger partial charge >= 0.3 is 0 Å². The summed E-state index contributed by atoms with van der Waals surface area (Å²) < 4.78 is 28.0. The van der Waals surface area contributed by atoms with Gasteiger partial charge in [0, 0.05) is 50.2 Å². The molecule has 0 bridgehead atoms. The van der Waals surface area contributed by atoms with E-state index >= 15 is 0 Å². The van der Waals surface area contributed by atoms with Gasteiger partial charge in [0.15, 0.2) is 0 Å². The molecule has 2 fully saturated rings. The number of hydrogen-bond donors (Lipinski definition) is 0. The Morgan fingerprint density at radius 2 is 1.75 bits per heavy atom. The van der Waals surface area contributed by atoms with Gasteiger partial charge in [0.25, 0.3) is 0 Å². The number of carbonyl (C=O) groups is 1. The zero-order chi connectivity index (χ0) is 20.5. The molecule has 0 N–H and O–H groups in total. The molecule has 2 aliphatic rings. The van der Waals surface area contributed by atoms with E-state index in [1.807, 2.05) is 11.0 Å². The molecule has 156 valence electrons. The van der Waals surface area contributed by atoms with Gasteiger partial charge in [0.1, 0.15) is 0 Å². The topological polar surface area (TPSA) is 60.9 Å². The van der Waals surface area contributed by atoms with Crippen molar-refractivity contribution in [3.63, 3.8) is 0 Å². The van der Waals surface area contributed by atoms with Crippen molar-refractivity contribution in [3.8, 4) is 0 Å². The fourth-order valence-electron chi connectivity index (χ4n) is 4.65. The Hall–Kier alpha value is -1.44. The highest BCUT2D eigenvalue weighted by Gasteiger charge is 2.46. The van der Waals surface area contributed by atoms with Crippen LogP contribution in [0.1, 0.15) is 40.5 Å². The molecular formula is C21H33N3O3S. The third-order valence-electron chi connectivity index (χ3n) is 6.27. The third kappa shape index (κ3) is 3.98. The van der Waals surface area contributed by atoms with E-state index in [2.05, 4.69) is 32.6 Å². The largest absolute Gasteiger partial charge is 0.340 e. The maximum atomic E-state index is 13.2. The zero-order valence-electron chi connectivity index (χ0n) is 17.5. The molecule has 2 saturated heterocycles. The van der Waals surface area contributed by atoms with Crippen LogP contribution in [0.3, 0.4) is 0 Å². The second-order valence-electron chi connectivity index (χ2n) is 8.57. The van der Waals surface area contributed by atoms with Crippen LogP contribution in [0, 0.1) is 5.92 Å². The quantitative estimate of drug-likeness (QED) is 0.752. The molecule has 0 radical (unpaired) electrons. The maximum Gasteiger partial charge on any atom is 0.243 e. The van der Waals surface area contributed by atoms with E-state index in [0.717, 1.165) is 25.9 Å². The first-order valence-corrected chi connectivity index (χ1v) is 11.8. The zero-order valence-corrected chi connectivity index (χ0v) is 18.3. The summed E-state index contributed by atoms with van der Waals surface area (Å²) in [5.41, 5.74) is -0.269. The lowest BCUT2D eigenvalue weighted by atomic mass is 9.93. The number of fused-ring (bicyclic) bond motifs is 1. The van der Waals surface area contributed by atoms with Gasteiger partial charge in [-0.3, -0.25) is 9.69 Å². The number of piperazine rings is 2. The van der Waals surface area contributed by atoms with Crippen molar-refractivity contribution < 1.29 is 13.2 Å². The van der Waals surface area contributed by atoms with Crippen LogP contribution in [0.4, 0.5) is 0 Å². The number of hydrogen-bond acceptors (Lipinski definition) is 4. The molecule has 0 spiro atoms. The van der Waals surface area contributed by atoms with E-state index in [1.54, 1.807) is 28.6 Å². The number of rotatable bonds is 5. The van der Waals surface area contributed by atoms with Gasteiger partial charge in [-0.25, -0.2) is 8.42 Å². The summed E-state index contributed by atoms with van der Waals surface area (Å²) in [6, 6.07) is 8.66. The highest BCUT2D eigenvalue weighted by atomic mass is 32.2. The second kappa shape index (κ2) is 8.13. The van der Waals surface area contributed by atoms with E-state index in [0.29, 0.717) is 24.5 Å². The summed E-state index contributed by atoms with van der Waals surface area (Å²) in [7, 11) is -3.54. The minimum Gasteiger partial charge on any atom is -0.340 e. The summed E-state index contributed by atoms with van der Waals surface area (Å²) in [4.78, 5) is 17.5. The Morgan fingerprint density at radius 1 is 1.11 bits per heavy atom. The molecule has 1 unspecified atom stereocenters. The minimum atomic E-state index is -3.54. The Bertz CT molecular complexity index is 790. The molecule has 2 heterocycles. The van der Waals surface area contributed by atoms with E-state index < -0.39 is 10.0 Å². The highest BCUT2D eigenvalue weighted by Crippen LogP contribution is 2.32. The van der Waals surface area contributed by atoms with Crippen molar-refractivity contribution in [2.45, 2.75) is 57.0 Å². The first-order chi connectivity index (χ1) is 13.2. The summed E-state index contributed by atoms with van der Waals surface area (Å²) in [6.07, 6.45) is 1.69. The monoisotopic (exact) mass is 407 g/mol. The molecule has 3 rings (SSSR count). The van der Waals surface area contributed by atoms with Crippen LogP contribution < -0.4 is 0 Å². The predicted octanol–water partition coefficient (Wildman–Crippen LogP) is 2.42. The first kappa shape index (κ1) is 21.3. The van der Waals surface area contributed by atoms with Gasteiger partial charge in [0.05, 0.1) is 4.90 Å².